The summed E-state index contributed by atoms with van der Waals surface area (Å²) in [6.07, 6.45) is 6.84. The highest BCUT2D eigenvalue weighted by atomic mass is 19.1. The van der Waals surface area contributed by atoms with Crippen LogP contribution < -0.4 is 10.1 Å². The van der Waals surface area contributed by atoms with E-state index in [-0.39, 0.29) is 12.4 Å². The van der Waals surface area contributed by atoms with Crippen molar-refractivity contribution in [1.82, 2.24) is 4.90 Å². The molecule has 0 spiro atoms. The molecule has 32 heavy (non-hydrogen) atoms. The average molecular weight is 436 g/mol. The number of para-hydroxylation sites is 1. The van der Waals surface area contributed by atoms with Crippen molar-refractivity contribution in [1.29, 1.82) is 0 Å². The number of nitrogens with zero attached hydrogens (tertiary/aromatic N) is 3. The van der Waals surface area contributed by atoms with E-state index in [1.54, 1.807) is 48.6 Å². The lowest BCUT2D eigenvalue weighted by molar-refractivity contribution is 0.226. The van der Waals surface area contributed by atoms with Crippen LogP contribution in [-0.2, 0) is 6.54 Å². The van der Waals surface area contributed by atoms with E-state index in [9.17, 15) is 18.4 Å². The molecule has 0 fully saturated rings. The highest BCUT2D eigenvalue weighted by Crippen LogP contribution is 2.25. The van der Waals surface area contributed by atoms with Gasteiger partial charge >= 0.3 is 12.1 Å². The number of ether oxygens (including phenoxy) is 1. The number of halogens is 2. The van der Waals surface area contributed by atoms with E-state index in [1.165, 1.54) is 18.1 Å². The molecule has 2 aromatic rings. The molecule has 4 amide bonds. The molecule has 2 aromatic carbocycles. The molecular weight excluding hydrogens is 418 g/mol. The number of allylic oxidation sites excluding steroid dienone is 3. The van der Waals surface area contributed by atoms with E-state index in [4.69, 9.17) is 4.74 Å². The van der Waals surface area contributed by atoms with E-state index in [1.807, 2.05) is 0 Å². The number of aliphatic imine (C=N–C) groups is 2. The minimum absolute atomic E-state index is 0.0705. The normalized spacial score (nSPS) is 18.4. The summed E-state index contributed by atoms with van der Waals surface area (Å²) in [6, 6.07) is 8.66. The Morgan fingerprint density at radius 2 is 1.94 bits per heavy atom. The predicted molar refractivity (Wildman–Crippen MR) is 116 cm³/mol. The quantitative estimate of drug-likeness (QED) is 0.753. The number of anilines is 1. The van der Waals surface area contributed by atoms with Gasteiger partial charge in [-0.3, -0.25) is 4.90 Å². The molecule has 2 aliphatic rings. The first-order valence-corrected chi connectivity index (χ1v) is 9.67. The molecule has 1 atom stereocenters. The summed E-state index contributed by atoms with van der Waals surface area (Å²) in [5.74, 6) is -1.75. The van der Waals surface area contributed by atoms with Gasteiger partial charge in [-0.05, 0) is 35.9 Å². The lowest BCUT2D eigenvalue weighted by Gasteiger charge is -2.31. The van der Waals surface area contributed by atoms with Gasteiger partial charge in [-0.2, -0.15) is 9.98 Å². The maximum Gasteiger partial charge on any atom is 0.349 e. The van der Waals surface area contributed by atoms with Crippen LogP contribution in [0.15, 0.2) is 76.8 Å². The monoisotopic (exact) mass is 436 g/mol. The minimum atomic E-state index is -1.02. The van der Waals surface area contributed by atoms with Gasteiger partial charge in [0.15, 0.2) is 0 Å². The Kier molecular flexibility index (Phi) is 5.89. The van der Waals surface area contributed by atoms with Crippen LogP contribution in [0.2, 0.25) is 0 Å². The number of hydrogen-bond donors (Lipinski definition) is 1. The predicted octanol–water partition coefficient (Wildman–Crippen LogP) is 4.72. The zero-order valence-electron chi connectivity index (χ0n) is 17.0. The second kappa shape index (κ2) is 8.93. The van der Waals surface area contributed by atoms with Gasteiger partial charge in [0.2, 0.25) is 0 Å². The van der Waals surface area contributed by atoms with E-state index in [0.29, 0.717) is 11.5 Å². The Morgan fingerprint density at radius 3 is 2.69 bits per heavy atom. The van der Waals surface area contributed by atoms with Crippen LogP contribution in [0.3, 0.4) is 0 Å². The minimum Gasteiger partial charge on any atom is -0.497 e. The third kappa shape index (κ3) is 4.31. The van der Waals surface area contributed by atoms with Crippen LogP contribution in [-0.4, -0.2) is 35.6 Å². The largest absolute Gasteiger partial charge is 0.497 e. The summed E-state index contributed by atoms with van der Waals surface area (Å²) in [6.45, 7) is 0.0705. The number of fused-ring (bicyclic) bond motifs is 1. The molecule has 4 rings (SSSR count). The van der Waals surface area contributed by atoms with Crippen molar-refractivity contribution >= 4 is 29.3 Å². The Morgan fingerprint density at radius 1 is 1.19 bits per heavy atom. The van der Waals surface area contributed by atoms with Crippen LogP contribution in [0.5, 0.6) is 5.75 Å². The van der Waals surface area contributed by atoms with Gasteiger partial charge in [0.25, 0.3) is 0 Å². The van der Waals surface area contributed by atoms with Crippen LogP contribution >= 0.6 is 0 Å². The number of carbonyl (C=O) groups excluding carboxylic acids is 2. The molecule has 1 N–H and O–H groups in total. The third-order valence-electron chi connectivity index (χ3n) is 4.90. The zero-order valence-corrected chi connectivity index (χ0v) is 17.0. The van der Waals surface area contributed by atoms with Crippen LogP contribution in [0, 0.1) is 17.6 Å². The second-order valence-electron chi connectivity index (χ2n) is 6.98. The number of urea groups is 2. The van der Waals surface area contributed by atoms with E-state index < -0.39 is 35.3 Å². The maximum absolute atomic E-state index is 13.9. The van der Waals surface area contributed by atoms with Gasteiger partial charge < -0.3 is 10.1 Å². The number of benzene rings is 2. The van der Waals surface area contributed by atoms with Gasteiger partial charge in [-0.1, -0.05) is 36.4 Å². The topological polar surface area (TPSA) is 83.4 Å². The first-order chi connectivity index (χ1) is 15.5. The van der Waals surface area contributed by atoms with Gasteiger partial charge in [0.05, 0.1) is 25.3 Å². The molecule has 0 aromatic heterocycles. The van der Waals surface area contributed by atoms with Crippen LogP contribution in [0.4, 0.5) is 24.1 Å². The lowest BCUT2D eigenvalue weighted by Crippen LogP contribution is -2.46. The fourth-order valence-electron chi connectivity index (χ4n) is 3.38. The third-order valence-corrected chi connectivity index (χ3v) is 4.90. The molecule has 0 saturated carbocycles. The van der Waals surface area contributed by atoms with Crippen LogP contribution in [0.25, 0.3) is 0 Å². The molecule has 0 bridgehead atoms. The maximum atomic E-state index is 13.9. The second-order valence-corrected chi connectivity index (χ2v) is 6.98. The number of carbonyl (C=O) groups is 2. The van der Waals surface area contributed by atoms with Gasteiger partial charge in [0, 0.05) is 0 Å². The van der Waals surface area contributed by atoms with Crippen molar-refractivity contribution in [2.75, 3.05) is 12.4 Å². The molecule has 0 radical (unpaired) electrons. The Labute approximate surface area is 182 Å². The fraction of sp³-hybridized carbons (Fsp3) is 0.130. The zero-order chi connectivity index (χ0) is 22.7. The highest BCUT2D eigenvalue weighted by molar-refractivity contribution is 6.24. The number of methoxy groups -OCH3 is 1. The van der Waals surface area contributed by atoms with Gasteiger partial charge in [0.1, 0.15) is 28.9 Å². The first-order valence-electron chi connectivity index (χ1n) is 9.67. The Bertz CT molecular complexity index is 1180. The summed E-state index contributed by atoms with van der Waals surface area (Å²) in [7, 11) is 1.53. The molecular formula is C23H18F2N4O3. The van der Waals surface area contributed by atoms with Crippen molar-refractivity contribution in [3.63, 3.8) is 0 Å². The Balaban J connectivity index is 1.69. The number of hydrogen-bond acceptors (Lipinski definition) is 3. The van der Waals surface area contributed by atoms with Crippen LogP contribution in [0.1, 0.15) is 5.56 Å². The lowest BCUT2D eigenvalue weighted by atomic mass is 9.94. The SMILES string of the molecule is COc1cccc(CN2C(=O)N=C3C=CC=CC3/C2=N/C(=O)Nc2c(F)cccc2F)c1. The van der Waals surface area contributed by atoms with Crippen molar-refractivity contribution in [3.8, 4) is 5.75 Å². The number of amides is 4. The molecule has 1 unspecified atom stereocenters. The fourth-order valence-corrected chi connectivity index (χ4v) is 3.38. The first kappa shape index (κ1) is 21.1. The molecule has 0 saturated heterocycles. The molecule has 1 aliphatic heterocycles. The van der Waals surface area contributed by atoms with Gasteiger partial charge in [-0.25, -0.2) is 18.4 Å². The number of amidine groups is 1. The number of rotatable bonds is 4. The summed E-state index contributed by atoms with van der Waals surface area (Å²) >= 11 is 0. The average Bonchev–Trinajstić information content (AvgIpc) is 2.79. The van der Waals surface area contributed by atoms with Gasteiger partial charge in [-0.15, -0.1) is 0 Å². The molecule has 1 aliphatic carbocycles. The van der Waals surface area contributed by atoms with Crippen molar-refractivity contribution in [3.05, 3.63) is 84.0 Å². The van der Waals surface area contributed by atoms with Crippen molar-refractivity contribution in [2.24, 2.45) is 15.9 Å². The molecule has 9 heteroatoms. The van der Waals surface area contributed by atoms with E-state index >= 15 is 0 Å². The number of nitrogens with one attached hydrogen (secondary N) is 1. The summed E-state index contributed by atoms with van der Waals surface area (Å²) in [4.78, 5) is 34.7. The van der Waals surface area contributed by atoms with Crippen molar-refractivity contribution < 1.29 is 23.1 Å². The highest BCUT2D eigenvalue weighted by Gasteiger charge is 2.34. The summed E-state index contributed by atoms with van der Waals surface area (Å²) in [5, 5.41) is 2.12. The van der Waals surface area contributed by atoms with E-state index in [0.717, 1.165) is 17.7 Å². The summed E-state index contributed by atoms with van der Waals surface area (Å²) < 4.78 is 33.1. The van der Waals surface area contributed by atoms with E-state index in [2.05, 4.69) is 15.3 Å². The molecule has 162 valence electrons. The van der Waals surface area contributed by atoms with Crippen molar-refractivity contribution in [2.45, 2.75) is 6.54 Å². The smallest absolute Gasteiger partial charge is 0.349 e. The molecule has 7 nitrogen and oxygen atoms in total. The molecule has 1 heterocycles. The summed E-state index contributed by atoms with van der Waals surface area (Å²) in [5.41, 5.74) is 0.527. The standard InChI is InChI=1S/C23H18F2N4O3/c1-32-15-7-4-6-14(12-15)13-29-21(16-8-2-3-11-19(16)26-23(29)31)28-22(30)27-20-17(24)9-5-10-18(20)25/h2-12,16H,13H2,1H3,(H,27,30)/b28-21-. The Hall–Kier alpha value is -4.14.